The van der Waals surface area contributed by atoms with Crippen molar-refractivity contribution in [2.45, 2.75) is 56.7 Å². The molecule has 0 aromatic carbocycles. The normalized spacial score (nSPS) is 12.7. The molecule has 148 valence electrons. The molecule has 27 heavy (non-hydrogen) atoms. The zero-order valence-corrected chi connectivity index (χ0v) is 17.1. The molecular weight excluding hydrogens is 368 g/mol. The summed E-state index contributed by atoms with van der Waals surface area (Å²) in [4.78, 5) is 45.4. The number of thioether (sulfide) groups is 1. The first-order valence-corrected chi connectivity index (χ1v) is 9.89. The van der Waals surface area contributed by atoms with Crippen LogP contribution in [-0.2, 0) is 25.3 Å². The van der Waals surface area contributed by atoms with E-state index in [9.17, 15) is 19.5 Å². The third-order valence-electron chi connectivity index (χ3n) is 4.24. The van der Waals surface area contributed by atoms with Gasteiger partial charge in [-0.1, -0.05) is 45.4 Å². The Morgan fingerprint density at radius 2 is 1.85 bits per heavy atom. The summed E-state index contributed by atoms with van der Waals surface area (Å²) >= 11 is 1.00. The predicted molar refractivity (Wildman–Crippen MR) is 103 cm³/mol. The minimum Gasteiger partial charge on any atom is -0.549 e. The molecule has 0 aliphatic rings. The van der Waals surface area contributed by atoms with Crippen LogP contribution in [-0.4, -0.2) is 30.3 Å². The molecule has 0 N–H and O–H groups in total. The summed E-state index contributed by atoms with van der Waals surface area (Å²) in [5, 5.41) is 11.2. The van der Waals surface area contributed by atoms with E-state index in [0.717, 1.165) is 29.2 Å². The van der Waals surface area contributed by atoms with Gasteiger partial charge in [-0.05, 0) is 12.3 Å². The summed E-state index contributed by atoms with van der Waals surface area (Å²) in [6, 6.07) is 0. The lowest BCUT2D eigenvalue weighted by Crippen LogP contribution is -2.38. The highest BCUT2D eigenvalue weighted by molar-refractivity contribution is 8.00. The largest absolute Gasteiger partial charge is 0.549 e. The lowest BCUT2D eigenvalue weighted by Gasteiger charge is -2.19. The van der Waals surface area contributed by atoms with Gasteiger partial charge in [-0.15, -0.1) is 0 Å². The Bertz CT molecular complexity index is 964. The molecular formula is C18H25N4O4S-. The van der Waals surface area contributed by atoms with Crippen LogP contribution in [0.5, 0.6) is 0 Å². The van der Waals surface area contributed by atoms with Crippen molar-refractivity contribution in [1.29, 1.82) is 0 Å². The molecule has 0 saturated heterocycles. The van der Waals surface area contributed by atoms with Crippen molar-refractivity contribution in [3.8, 4) is 0 Å². The van der Waals surface area contributed by atoms with Crippen molar-refractivity contribution in [1.82, 2.24) is 19.1 Å². The number of carboxylic acid groups (broad SMARTS) is 1. The maximum atomic E-state index is 12.7. The summed E-state index contributed by atoms with van der Waals surface area (Å²) in [7, 11) is 2.92. The Kier molecular flexibility index (Phi) is 6.80. The second-order valence-corrected chi connectivity index (χ2v) is 8.21. The summed E-state index contributed by atoms with van der Waals surface area (Å²) in [5.41, 5.74) is -0.789. The van der Waals surface area contributed by atoms with E-state index >= 15 is 0 Å². The molecule has 0 aliphatic heterocycles. The van der Waals surface area contributed by atoms with Gasteiger partial charge in [0.2, 0.25) is 0 Å². The standard InChI is InChI=1S/C18H26N4O4S/c1-6-7-8-11(17(24)25)27-15-13-14(19-12(20-15)9-10(2)3)21(4)18(26)22(5)16(13)23/h10-11H,6-9H2,1-5H3,(H,24,25)/p-1/t11-/m1/s1. The van der Waals surface area contributed by atoms with E-state index < -0.39 is 22.5 Å². The number of aliphatic carboxylic acids is 1. The first kappa shape index (κ1) is 21.1. The van der Waals surface area contributed by atoms with Crippen LogP contribution in [0.1, 0.15) is 45.9 Å². The van der Waals surface area contributed by atoms with Gasteiger partial charge < -0.3 is 9.90 Å². The maximum absolute atomic E-state index is 12.7. The number of hydrogen-bond acceptors (Lipinski definition) is 7. The smallest absolute Gasteiger partial charge is 0.332 e. The lowest BCUT2D eigenvalue weighted by molar-refractivity contribution is -0.304. The van der Waals surface area contributed by atoms with Crippen LogP contribution in [0, 0.1) is 5.92 Å². The number of carbonyl (C=O) groups is 1. The van der Waals surface area contributed by atoms with Gasteiger partial charge in [0.05, 0.1) is 11.2 Å². The van der Waals surface area contributed by atoms with Crippen molar-refractivity contribution in [2.75, 3.05) is 0 Å². The topological polar surface area (TPSA) is 110 Å². The quantitative estimate of drug-likeness (QED) is 0.478. The molecule has 0 spiro atoms. The molecule has 0 radical (unpaired) electrons. The number of nitrogens with zero attached hydrogens (tertiary/aromatic N) is 4. The van der Waals surface area contributed by atoms with E-state index in [2.05, 4.69) is 9.97 Å². The van der Waals surface area contributed by atoms with Crippen molar-refractivity contribution in [3.05, 3.63) is 26.7 Å². The first-order valence-electron chi connectivity index (χ1n) is 9.01. The van der Waals surface area contributed by atoms with Crippen molar-refractivity contribution < 1.29 is 9.90 Å². The van der Waals surface area contributed by atoms with E-state index in [1.54, 1.807) is 0 Å². The lowest BCUT2D eigenvalue weighted by atomic mass is 10.1. The number of hydrogen-bond donors (Lipinski definition) is 0. The molecule has 9 heteroatoms. The first-order chi connectivity index (χ1) is 12.7. The molecule has 2 aromatic rings. The number of carbonyl (C=O) groups excluding carboxylic acids is 1. The maximum Gasteiger partial charge on any atom is 0.332 e. The van der Waals surface area contributed by atoms with E-state index in [-0.39, 0.29) is 22.0 Å². The molecule has 1 atom stereocenters. The fourth-order valence-electron chi connectivity index (χ4n) is 2.76. The van der Waals surface area contributed by atoms with Gasteiger partial charge in [-0.25, -0.2) is 14.8 Å². The zero-order valence-electron chi connectivity index (χ0n) is 16.3. The van der Waals surface area contributed by atoms with Gasteiger partial charge in [0, 0.05) is 20.5 Å². The molecule has 0 unspecified atom stereocenters. The third-order valence-corrected chi connectivity index (χ3v) is 5.47. The fraction of sp³-hybridized carbons (Fsp3) is 0.611. The summed E-state index contributed by atoms with van der Waals surface area (Å²) in [6.45, 7) is 5.99. The second kappa shape index (κ2) is 8.69. The Balaban J connectivity index is 2.72. The molecule has 0 bridgehead atoms. The molecule has 2 rings (SSSR count). The van der Waals surface area contributed by atoms with Gasteiger partial charge >= 0.3 is 5.69 Å². The molecule has 8 nitrogen and oxygen atoms in total. The summed E-state index contributed by atoms with van der Waals surface area (Å²) in [5.74, 6) is -0.441. The van der Waals surface area contributed by atoms with Gasteiger partial charge in [0.25, 0.3) is 5.56 Å². The zero-order chi connectivity index (χ0) is 20.3. The van der Waals surface area contributed by atoms with Gasteiger partial charge in [-0.3, -0.25) is 13.9 Å². The molecule has 0 amide bonds. The van der Waals surface area contributed by atoms with Gasteiger partial charge in [0.15, 0.2) is 5.65 Å². The number of unbranched alkanes of at least 4 members (excludes halogenated alkanes) is 1. The number of aryl methyl sites for hydroxylation is 1. The Morgan fingerprint density at radius 1 is 1.19 bits per heavy atom. The number of rotatable bonds is 8. The van der Waals surface area contributed by atoms with E-state index in [1.807, 2.05) is 20.8 Å². The van der Waals surface area contributed by atoms with E-state index in [1.165, 1.54) is 18.7 Å². The van der Waals surface area contributed by atoms with Gasteiger partial charge in [0.1, 0.15) is 16.2 Å². The average molecular weight is 393 g/mol. The van der Waals surface area contributed by atoms with Crippen molar-refractivity contribution in [3.63, 3.8) is 0 Å². The highest BCUT2D eigenvalue weighted by Gasteiger charge is 2.21. The Morgan fingerprint density at radius 3 is 2.41 bits per heavy atom. The van der Waals surface area contributed by atoms with E-state index in [0.29, 0.717) is 18.7 Å². The number of carboxylic acids is 1. The predicted octanol–water partition coefficient (Wildman–Crippen LogP) is 0.627. The van der Waals surface area contributed by atoms with Crippen molar-refractivity contribution in [2.24, 2.45) is 20.0 Å². The van der Waals surface area contributed by atoms with Crippen LogP contribution in [0.4, 0.5) is 0 Å². The highest BCUT2D eigenvalue weighted by Crippen LogP contribution is 2.29. The fourth-order valence-corrected chi connectivity index (χ4v) is 3.87. The summed E-state index contributed by atoms with van der Waals surface area (Å²) < 4.78 is 2.28. The molecule has 0 aliphatic carbocycles. The number of aromatic nitrogens is 4. The minimum atomic E-state index is -1.19. The monoisotopic (exact) mass is 393 g/mol. The van der Waals surface area contributed by atoms with E-state index in [4.69, 9.17) is 0 Å². The number of fused-ring (bicyclic) bond motifs is 1. The SMILES string of the molecule is CCCC[C@@H](Sc1nc(CC(C)C)nc2c1c(=O)n(C)c(=O)n2C)C(=O)[O-]. The summed E-state index contributed by atoms with van der Waals surface area (Å²) in [6.07, 6.45) is 2.55. The third kappa shape index (κ3) is 4.58. The van der Waals surface area contributed by atoms with Crippen LogP contribution in [0.3, 0.4) is 0 Å². The van der Waals surface area contributed by atoms with Crippen LogP contribution < -0.4 is 16.4 Å². The molecule has 2 aromatic heterocycles. The van der Waals surface area contributed by atoms with Gasteiger partial charge in [-0.2, -0.15) is 0 Å². The van der Waals surface area contributed by atoms with Crippen molar-refractivity contribution >= 4 is 28.8 Å². The average Bonchev–Trinajstić information content (AvgIpc) is 2.60. The highest BCUT2D eigenvalue weighted by atomic mass is 32.2. The molecule has 2 heterocycles. The minimum absolute atomic E-state index is 0.167. The second-order valence-electron chi connectivity index (χ2n) is 7.02. The Hall–Kier alpha value is -2.16. The molecule has 0 fully saturated rings. The van der Waals surface area contributed by atoms with Crippen LogP contribution >= 0.6 is 11.8 Å². The molecule has 0 saturated carbocycles. The Labute approximate surface area is 161 Å². The van der Waals surface area contributed by atoms with Crippen LogP contribution in [0.15, 0.2) is 14.6 Å². The van der Waals surface area contributed by atoms with Crippen LogP contribution in [0.25, 0.3) is 11.0 Å². The van der Waals surface area contributed by atoms with Crippen LogP contribution in [0.2, 0.25) is 0 Å².